The van der Waals surface area contributed by atoms with E-state index in [1.165, 1.54) is 6.92 Å². The first-order chi connectivity index (χ1) is 8.12. The number of carboxylic acid groups (broad SMARTS) is 1. The summed E-state index contributed by atoms with van der Waals surface area (Å²) in [5.74, 6) is -1.93. The Balaban J connectivity index is 3.54. The third-order valence-electron chi connectivity index (χ3n) is 1.92. The lowest BCUT2D eigenvalue weighted by Gasteiger charge is -2.10. The van der Waals surface area contributed by atoms with Crippen molar-refractivity contribution in [2.75, 3.05) is 5.32 Å². The monoisotopic (exact) mass is 292 g/mol. The Bertz CT molecular complexity index is 626. The number of sulfonamides is 1. The Morgan fingerprint density at radius 1 is 1.39 bits per heavy atom. The summed E-state index contributed by atoms with van der Waals surface area (Å²) in [4.78, 5) is 21.3. The Morgan fingerprint density at radius 3 is 2.33 bits per heavy atom. The molecule has 18 heavy (non-hydrogen) atoms. The largest absolute Gasteiger partial charge is 0.478 e. The zero-order valence-electron chi connectivity index (χ0n) is 9.10. The van der Waals surface area contributed by atoms with Crippen molar-refractivity contribution < 1.29 is 23.1 Å². The molecule has 7 nitrogen and oxygen atoms in total. The molecule has 0 aromatic heterocycles. The first-order valence-corrected chi connectivity index (χ1v) is 6.42. The number of aromatic carboxylic acids is 1. The summed E-state index contributed by atoms with van der Waals surface area (Å²) >= 11 is 5.67. The van der Waals surface area contributed by atoms with Gasteiger partial charge in [-0.1, -0.05) is 11.6 Å². The number of rotatable bonds is 3. The molecule has 1 amide bonds. The van der Waals surface area contributed by atoms with Crippen LogP contribution in [0.15, 0.2) is 17.0 Å². The van der Waals surface area contributed by atoms with Crippen LogP contribution in [-0.4, -0.2) is 25.4 Å². The van der Waals surface area contributed by atoms with Crippen molar-refractivity contribution >= 4 is 39.2 Å². The molecule has 0 saturated heterocycles. The number of carboxylic acids is 1. The van der Waals surface area contributed by atoms with E-state index in [0.717, 1.165) is 12.1 Å². The molecule has 0 aliphatic rings. The summed E-state index contributed by atoms with van der Waals surface area (Å²) in [6.07, 6.45) is 0. The molecule has 0 aliphatic carbocycles. The molecule has 1 aromatic carbocycles. The lowest BCUT2D eigenvalue weighted by atomic mass is 10.2. The molecule has 0 aliphatic heterocycles. The second-order valence-corrected chi connectivity index (χ2v) is 5.30. The Hall–Kier alpha value is -1.64. The van der Waals surface area contributed by atoms with Gasteiger partial charge < -0.3 is 10.4 Å². The number of primary sulfonamides is 1. The van der Waals surface area contributed by atoms with E-state index >= 15 is 0 Å². The minimum absolute atomic E-state index is 0.104. The van der Waals surface area contributed by atoms with Gasteiger partial charge in [-0.05, 0) is 12.1 Å². The standard InChI is InChI=1S/C9H9ClN2O5S/c1-4(13)12-7-3-6(10)8(18(11,16)17)2-5(7)9(14)15/h2-3H,1H3,(H,12,13)(H,14,15)(H2,11,16,17). The van der Waals surface area contributed by atoms with Gasteiger partial charge in [-0.3, -0.25) is 4.79 Å². The number of carbonyl (C=O) groups excluding carboxylic acids is 1. The third kappa shape index (κ3) is 3.19. The molecule has 9 heteroatoms. The molecule has 1 aromatic rings. The molecule has 0 saturated carbocycles. The van der Waals surface area contributed by atoms with E-state index in [0.29, 0.717) is 0 Å². The molecule has 1 rings (SSSR count). The smallest absolute Gasteiger partial charge is 0.337 e. The number of carbonyl (C=O) groups is 2. The maximum atomic E-state index is 11.2. The molecular weight excluding hydrogens is 284 g/mol. The van der Waals surface area contributed by atoms with Gasteiger partial charge in [0.15, 0.2) is 0 Å². The molecule has 0 spiro atoms. The fourth-order valence-corrected chi connectivity index (χ4v) is 2.34. The van der Waals surface area contributed by atoms with Crippen LogP contribution in [0.3, 0.4) is 0 Å². The van der Waals surface area contributed by atoms with Crippen molar-refractivity contribution in [1.82, 2.24) is 0 Å². The summed E-state index contributed by atoms with van der Waals surface area (Å²) in [6, 6.07) is 1.82. The highest BCUT2D eigenvalue weighted by atomic mass is 35.5. The van der Waals surface area contributed by atoms with Crippen LogP contribution in [0.4, 0.5) is 5.69 Å². The predicted molar refractivity (Wildman–Crippen MR) is 64.1 cm³/mol. The van der Waals surface area contributed by atoms with Crippen LogP contribution < -0.4 is 10.5 Å². The normalized spacial score (nSPS) is 11.1. The van der Waals surface area contributed by atoms with E-state index in [4.69, 9.17) is 21.8 Å². The van der Waals surface area contributed by atoms with Gasteiger partial charge in [0.25, 0.3) is 0 Å². The minimum atomic E-state index is -4.14. The maximum absolute atomic E-state index is 11.2. The highest BCUT2D eigenvalue weighted by Crippen LogP contribution is 2.28. The first-order valence-electron chi connectivity index (χ1n) is 4.50. The fourth-order valence-electron chi connectivity index (χ4n) is 1.24. The molecule has 0 fully saturated rings. The Labute approximate surface area is 108 Å². The fraction of sp³-hybridized carbons (Fsp3) is 0.111. The Morgan fingerprint density at radius 2 is 1.94 bits per heavy atom. The van der Waals surface area contributed by atoms with Gasteiger partial charge in [0.2, 0.25) is 15.9 Å². The number of amides is 1. The molecule has 98 valence electrons. The SMILES string of the molecule is CC(=O)Nc1cc(Cl)c(S(N)(=O)=O)cc1C(=O)O. The zero-order valence-corrected chi connectivity index (χ0v) is 10.7. The average molecular weight is 293 g/mol. The van der Waals surface area contributed by atoms with Gasteiger partial charge >= 0.3 is 5.97 Å². The topological polar surface area (TPSA) is 127 Å². The predicted octanol–water partition coefficient (Wildman–Crippen LogP) is 0.644. The van der Waals surface area contributed by atoms with Crippen molar-refractivity contribution in [1.29, 1.82) is 0 Å². The van der Waals surface area contributed by atoms with Crippen molar-refractivity contribution in [2.24, 2.45) is 5.14 Å². The van der Waals surface area contributed by atoms with Gasteiger partial charge in [-0.2, -0.15) is 0 Å². The van der Waals surface area contributed by atoms with E-state index in [1.54, 1.807) is 0 Å². The van der Waals surface area contributed by atoms with E-state index in [-0.39, 0.29) is 10.7 Å². The summed E-state index contributed by atoms with van der Waals surface area (Å²) in [5.41, 5.74) is -0.522. The average Bonchev–Trinajstić information content (AvgIpc) is 2.13. The zero-order chi connectivity index (χ0) is 14.1. The molecule has 0 unspecified atom stereocenters. The van der Waals surface area contributed by atoms with E-state index in [9.17, 15) is 18.0 Å². The number of nitrogens with one attached hydrogen (secondary N) is 1. The van der Waals surface area contributed by atoms with Crippen LogP contribution in [0.1, 0.15) is 17.3 Å². The summed E-state index contributed by atoms with van der Waals surface area (Å²) in [5, 5.41) is 15.8. The number of anilines is 1. The van der Waals surface area contributed by atoms with Gasteiger partial charge in [-0.25, -0.2) is 18.4 Å². The van der Waals surface area contributed by atoms with Crippen LogP contribution >= 0.6 is 11.6 Å². The van der Waals surface area contributed by atoms with E-state index < -0.39 is 32.4 Å². The van der Waals surface area contributed by atoms with Crippen LogP contribution in [-0.2, 0) is 14.8 Å². The summed E-state index contributed by atoms with van der Waals surface area (Å²) in [6.45, 7) is 1.17. The van der Waals surface area contributed by atoms with Gasteiger partial charge in [0, 0.05) is 6.92 Å². The van der Waals surface area contributed by atoms with E-state index in [1.807, 2.05) is 0 Å². The molecule has 0 radical (unpaired) electrons. The van der Waals surface area contributed by atoms with Crippen LogP contribution in [0.25, 0.3) is 0 Å². The van der Waals surface area contributed by atoms with Gasteiger partial charge in [0.05, 0.1) is 16.3 Å². The highest BCUT2D eigenvalue weighted by Gasteiger charge is 2.20. The number of hydrogen-bond acceptors (Lipinski definition) is 4. The summed E-state index contributed by atoms with van der Waals surface area (Å²) in [7, 11) is -4.14. The van der Waals surface area contributed by atoms with Crippen LogP contribution in [0, 0.1) is 0 Å². The van der Waals surface area contributed by atoms with Crippen molar-refractivity contribution in [3.8, 4) is 0 Å². The highest BCUT2D eigenvalue weighted by molar-refractivity contribution is 7.89. The quantitative estimate of drug-likeness (QED) is 0.753. The minimum Gasteiger partial charge on any atom is -0.478 e. The Kier molecular flexibility index (Phi) is 3.95. The second kappa shape index (κ2) is 4.92. The number of halogens is 1. The van der Waals surface area contributed by atoms with E-state index in [2.05, 4.69) is 5.32 Å². The molecular formula is C9H9ClN2O5S. The molecule has 0 heterocycles. The lowest BCUT2D eigenvalue weighted by Crippen LogP contribution is -2.16. The maximum Gasteiger partial charge on any atom is 0.337 e. The second-order valence-electron chi connectivity index (χ2n) is 3.36. The van der Waals surface area contributed by atoms with Crippen LogP contribution in [0.2, 0.25) is 5.02 Å². The van der Waals surface area contributed by atoms with Crippen molar-refractivity contribution in [3.05, 3.63) is 22.7 Å². The lowest BCUT2D eigenvalue weighted by molar-refractivity contribution is -0.114. The molecule has 0 bridgehead atoms. The van der Waals surface area contributed by atoms with Crippen molar-refractivity contribution in [3.63, 3.8) is 0 Å². The molecule has 4 N–H and O–H groups in total. The number of hydrogen-bond donors (Lipinski definition) is 3. The van der Waals surface area contributed by atoms with Gasteiger partial charge in [-0.15, -0.1) is 0 Å². The third-order valence-corrected chi connectivity index (χ3v) is 3.30. The van der Waals surface area contributed by atoms with Crippen LogP contribution in [0.5, 0.6) is 0 Å². The van der Waals surface area contributed by atoms with Crippen molar-refractivity contribution in [2.45, 2.75) is 11.8 Å². The summed E-state index contributed by atoms with van der Waals surface area (Å²) < 4.78 is 22.4. The number of nitrogens with two attached hydrogens (primary N) is 1. The number of benzene rings is 1. The van der Waals surface area contributed by atoms with Gasteiger partial charge in [0.1, 0.15) is 4.90 Å². The molecule has 0 atom stereocenters. The first kappa shape index (κ1) is 14.4.